The molecule has 0 spiro atoms. The standard InChI is InChI=1S/C20H19N5O4/c21-10-13-3-1-4-14(7-13)11-24-12-17(26)9-18(24)20-22-19(23-29-20)15-5-2-6-16(8-15)25(27)28/h1-8,17-18,25-27H,9,11-12H2/t17-,18+/m1/s1. The number of nitriles is 1. The average Bonchev–Trinajstić information content (AvgIpc) is 3.35. The molecule has 1 aliphatic rings. The number of aliphatic hydroxyl groups is 1. The molecule has 148 valence electrons. The second-order valence-electron chi connectivity index (χ2n) is 6.99. The summed E-state index contributed by atoms with van der Waals surface area (Å²) >= 11 is 0. The first-order valence-electron chi connectivity index (χ1n) is 9.12. The number of quaternary nitrogens is 1. The van der Waals surface area contributed by atoms with E-state index in [0.717, 1.165) is 5.56 Å². The molecule has 1 fully saturated rings. The van der Waals surface area contributed by atoms with Crippen molar-refractivity contribution in [1.82, 2.24) is 15.0 Å². The number of aliphatic hydroxyl groups excluding tert-OH is 1. The Morgan fingerprint density at radius 3 is 2.90 bits per heavy atom. The van der Waals surface area contributed by atoms with Crippen LogP contribution >= 0.6 is 0 Å². The van der Waals surface area contributed by atoms with Crippen molar-refractivity contribution in [3.63, 3.8) is 0 Å². The van der Waals surface area contributed by atoms with E-state index < -0.39 is 11.3 Å². The van der Waals surface area contributed by atoms with E-state index in [4.69, 9.17) is 15.0 Å². The highest BCUT2D eigenvalue weighted by atomic mass is 16.8. The molecule has 0 amide bonds. The Morgan fingerprint density at radius 1 is 1.28 bits per heavy atom. The lowest BCUT2D eigenvalue weighted by Gasteiger charge is -2.21. The molecule has 9 nitrogen and oxygen atoms in total. The third kappa shape index (κ3) is 4.17. The van der Waals surface area contributed by atoms with Gasteiger partial charge in [0.15, 0.2) is 5.69 Å². The molecule has 9 heteroatoms. The zero-order valence-corrected chi connectivity index (χ0v) is 15.4. The highest BCUT2D eigenvalue weighted by Gasteiger charge is 2.36. The fraction of sp³-hybridized carbons (Fsp3) is 0.250. The van der Waals surface area contributed by atoms with Crippen LogP contribution in [0.5, 0.6) is 0 Å². The predicted molar refractivity (Wildman–Crippen MR) is 100 cm³/mol. The van der Waals surface area contributed by atoms with Gasteiger partial charge in [0.25, 0.3) is 0 Å². The Kier molecular flexibility index (Phi) is 5.35. The first kappa shape index (κ1) is 19.2. The molecule has 0 radical (unpaired) electrons. The molecule has 1 aromatic heterocycles. The fourth-order valence-electron chi connectivity index (χ4n) is 3.56. The monoisotopic (exact) mass is 393 g/mol. The maximum absolute atomic E-state index is 11.2. The van der Waals surface area contributed by atoms with Gasteiger partial charge in [0, 0.05) is 30.8 Å². The summed E-state index contributed by atoms with van der Waals surface area (Å²) in [5, 5.41) is 42.6. The summed E-state index contributed by atoms with van der Waals surface area (Å²) in [4.78, 5) is 6.48. The predicted octanol–water partition coefficient (Wildman–Crippen LogP) is 1.32. The zero-order valence-electron chi connectivity index (χ0n) is 15.4. The summed E-state index contributed by atoms with van der Waals surface area (Å²) in [7, 11) is 0. The lowest BCUT2D eigenvalue weighted by atomic mass is 10.1. The van der Waals surface area contributed by atoms with Crippen LogP contribution in [0.2, 0.25) is 0 Å². The normalized spacial score (nSPS) is 20.5. The molecule has 1 aliphatic heterocycles. The first-order valence-corrected chi connectivity index (χ1v) is 9.12. The maximum atomic E-state index is 11.2. The molecular weight excluding hydrogens is 374 g/mol. The van der Waals surface area contributed by atoms with Crippen LogP contribution in [-0.4, -0.2) is 38.0 Å². The molecule has 3 aromatic rings. The molecule has 2 aromatic carbocycles. The van der Waals surface area contributed by atoms with Crippen molar-refractivity contribution < 1.29 is 20.1 Å². The van der Waals surface area contributed by atoms with Crippen molar-refractivity contribution in [3.8, 4) is 17.5 Å². The smallest absolute Gasteiger partial charge is 0.244 e. The van der Waals surface area contributed by atoms with E-state index in [0.29, 0.717) is 42.4 Å². The van der Waals surface area contributed by atoms with Crippen molar-refractivity contribution >= 4 is 5.69 Å². The molecular formula is C20H19N5O4. The quantitative estimate of drug-likeness (QED) is 0.553. The molecule has 1 saturated heterocycles. The summed E-state index contributed by atoms with van der Waals surface area (Å²) in [6.07, 6.45) is -0.0702. The number of β-amino-alcohol motifs (C(OH)–C–C–N with tert-alkyl or cyclic N) is 1. The topological polar surface area (TPSA) is 134 Å². The van der Waals surface area contributed by atoms with E-state index in [2.05, 4.69) is 16.2 Å². The van der Waals surface area contributed by atoms with Gasteiger partial charge in [-0.1, -0.05) is 29.4 Å². The van der Waals surface area contributed by atoms with Crippen molar-refractivity contribution in [2.24, 2.45) is 0 Å². The van der Waals surface area contributed by atoms with Crippen LogP contribution in [0.1, 0.15) is 29.5 Å². The van der Waals surface area contributed by atoms with Gasteiger partial charge >= 0.3 is 0 Å². The van der Waals surface area contributed by atoms with E-state index in [-0.39, 0.29) is 11.7 Å². The number of hydrogen-bond acceptors (Lipinski definition) is 8. The molecule has 3 N–H and O–H groups in total. The fourth-order valence-corrected chi connectivity index (χ4v) is 3.56. The summed E-state index contributed by atoms with van der Waals surface area (Å²) < 4.78 is 5.45. The second-order valence-corrected chi connectivity index (χ2v) is 6.99. The average molecular weight is 393 g/mol. The van der Waals surface area contributed by atoms with Gasteiger partial charge in [-0.05, 0) is 24.1 Å². The minimum atomic E-state index is -1.03. The zero-order chi connectivity index (χ0) is 20.4. The van der Waals surface area contributed by atoms with Gasteiger partial charge < -0.3 is 14.8 Å². The maximum Gasteiger partial charge on any atom is 0.244 e. The highest BCUT2D eigenvalue weighted by Crippen LogP contribution is 2.33. The van der Waals surface area contributed by atoms with Crippen LogP contribution in [0.4, 0.5) is 5.69 Å². The Hall–Kier alpha value is -3.13. The van der Waals surface area contributed by atoms with E-state index in [9.17, 15) is 10.3 Å². The van der Waals surface area contributed by atoms with Gasteiger partial charge in [0.1, 0.15) is 0 Å². The third-order valence-corrected chi connectivity index (χ3v) is 4.92. The van der Waals surface area contributed by atoms with Crippen molar-refractivity contribution in [3.05, 3.63) is 70.8 Å². The van der Waals surface area contributed by atoms with Crippen molar-refractivity contribution in [2.75, 3.05) is 6.54 Å². The van der Waals surface area contributed by atoms with Crippen LogP contribution in [0.25, 0.3) is 11.4 Å². The molecule has 0 saturated carbocycles. The molecule has 0 bridgehead atoms. The molecule has 1 unspecified atom stereocenters. The van der Waals surface area contributed by atoms with Gasteiger partial charge in [-0.15, -0.1) is 0 Å². The number of likely N-dealkylation sites (tertiary alicyclic amines) is 1. The van der Waals surface area contributed by atoms with Crippen LogP contribution in [-0.2, 0) is 6.54 Å². The number of rotatable bonds is 5. The van der Waals surface area contributed by atoms with Gasteiger partial charge in [-0.3, -0.25) is 4.90 Å². The number of aromatic nitrogens is 2. The Bertz CT molecular complexity index is 1050. The lowest BCUT2D eigenvalue weighted by Crippen LogP contribution is -2.99. The van der Waals surface area contributed by atoms with E-state index in [1.807, 2.05) is 23.1 Å². The van der Waals surface area contributed by atoms with Crippen molar-refractivity contribution in [1.29, 1.82) is 5.26 Å². The van der Waals surface area contributed by atoms with Gasteiger partial charge in [0.2, 0.25) is 11.7 Å². The molecule has 0 aliphatic carbocycles. The van der Waals surface area contributed by atoms with Crippen LogP contribution in [0.15, 0.2) is 53.1 Å². The minimum absolute atomic E-state index is 0.143. The summed E-state index contributed by atoms with van der Waals surface area (Å²) in [6, 6.07) is 15.5. The van der Waals surface area contributed by atoms with Crippen LogP contribution < -0.4 is 5.23 Å². The number of nitrogens with one attached hydrogen (secondary N) is 1. The van der Waals surface area contributed by atoms with Gasteiger partial charge in [-0.25, -0.2) is 5.21 Å². The molecule has 4 rings (SSSR count). The van der Waals surface area contributed by atoms with Gasteiger partial charge in [0.05, 0.1) is 23.8 Å². The first-order chi connectivity index (χ1) is 14.0. The van der Waals surface area contributed by atoms with Crippen LogP contribution in [0.3, 0.4) is 0 Å². The van der Waals surface area contributed by atoms with E-state index in [1.54, 1.807) is 18.2 Å². The highest BCUT2D eigenvalue weighted by molar-refractivity contribution is 5.58. The summed E-state index contributed by atoms with van der Waals surface area (Å²) in [5.74, 6) is 0.671. The largest absolute Gasteiger partial charge is 0.595 e. The lowest BCUT2D eigenvalue weighted by molar-refractivity contribution is -0.991. The Labute approximate surface area is 166 Å². The minimum Gasteiger partial charge on any atom is -0.595 e. The van der Waals surface area contributed by atoms with Crippen LogP contribution in [0, 0.1) is 16.5 Å². The summed E-state index contributed by atoms with van der Waals surface area (Å²) in [6.45, 7) is 0.983. The SMILES string of the molecule is N#Cc1cccc(CN2C[C@H](O)C[C@H]2c2nc(-c3cccc([NH+]([O-])O)c3)no2)c1. The molecule has 29 heavy (non-hydrogen) atoms. The van der Waals surface area contributed by atoms with E-state index >= 15 is 0 Å². The molecule has 3 atom stereocenters. The van der Waals surface area contributed by atoms with Crippen molar-refractivity contribution in [2.45, 2.75) is 25.1 Å². The number of hydrogen-bond donors (Lipinski definition) is 3. The second kappa shape index (κ2) is 8.08. The van der Waals surface area contributed by atoms with Gasteiger partial charge in [-0.2, -0.15) is 15.5 Å². The third-order valence-electron chi connectivity index (χ3n) is 4.92. The Morgan fingerprint density at radius 2 is 2.10 bits per heavy atom. The summed E-state index contributed by atoms with van der Waals surface area (Å²) in [5.41, 5.74) is 2.23. The number of nitrogens with zero attached hydrogens (tertiary/aromatic N) is 4. The Balaban J connectivity index is 1.57. The number of benzene rings is 2. The molecule has 2 heterocycles. The van der Waals surface area contributed by atoms with E-state index in [1.165, 1.54) is 12.1 Å².